The van der Waals surface area contributed by atoms with Gasteiger partial charge in [-0.25, -0.2) is 0 Å². The lowest BCUT2D eigenvalue weighted by atomic mass is 10.1. The summed E-state index contributed by atoms with van der Waals surface area (Å²) in [7, 11) is 0. The molecule has 0 spiro atoms. The van der Waals surface area contributed by atoms with Crippen molar-refractivity contribution in [3.8, 4) is 0 Å². The lowest BCUT2D eigenvalue weighted by Gasteiger charge is -2.06. The van der Waals surface area contributed by atoms with Crippen LogP contribution in [0.4, 0.5) is 0 Å². The molecule has 1 aliphatic carbocycles. The SMILES string of the molecule is O[C@@H](c1ccccn1)C1CC1. The van der Waals surface area contributed by atoms with Gasteiger partial charge in [0.15, 0.2) is 0 Å². The summed E-state index contributed by atoms with van der Waals surface area (Å²) >= 11 is 0. The Morgan fingerprint density at radius 1 is 1.45 bits per heavy atom. The molecule has 1 saturated carbocycles. The molecule has 2 heteroatoms. The number of aliphatic hydroxyl groups excluding tert-OH is 1. The molecular weight excluding hydrogens is 138 g/mol. The Morgan fingerprint density at radius 2 is 2.27 bits per heavy atom. The van der Waals surface area contributed by atoms with Crippen molar-refractivity contribution in [3.05, 3.63) is 30.1 Å². The van der Waals surface area contributed by atoms with Crippen molar-refractivity contribution < 1.29 is 5.11 Å². The molecule has 0 saturated heterocycles. The summed E-state index contributed by atoms with van der Waals surface area (Å²) in [4.78, 5) is 4.09. The highest BCUT2D eigenvalue weighted by Crippen LogP contribution is 2.39. The monoisotopic (exact) mass is 149 g/mol. The van der Waals surface area contributed by atoms with E-state index in [-0.39, 0.29) is 6.10 Å². The fraction of sp³-hybridized carbons (Fsp3) is 0.444. The van der Waals surface area contributed by atoms with E-state index in [2.05, 4.69) is 4.98 Å². The average Bonchev–Trinajstić information content (AvgIpc) is 2.87. The maximum Gasteiger partial charge on any atom is 0.0987 e. The van der Waals surface area contributed by atoms with Crippen molar-refractivity contribution in [1.29, 1.82) is 0 Å². The topological polar surface area (TPSA) is 33.1 Å². The molecule has 0 amide bonds. The normalized spacial score (nSPS) is 19.7. The molecule has 0 radical (unpaired) electrons. The van der Waals surface area contributed by atoms with Crippen LogP contribution >= 0.6 is 0 Å². The summed E-state index contributed by atoms with van der Waals surface area (Å²) in [6.07, 6.45) is 3.70. The predicted molar refractivity (Wildman–Crippen MR) is 41.9 cm³/mol. The van der Waals surface area contributed by atoms with E-state index < -0.39 is 0 Å². The van der Waals surface area contributed by atoms with E-state index in [0.717, 1.165) is 18.5 Å². The van der Waals surface area contributed by atoms with Crippen LogP contribution in [0.5, 0.6) is 0 Å². The van der Waals surface area contributed by atoms with E-state index in [1.165, 1.54) is 0 Å². The van der Waals surface area contributed by atoms with Gasteiger partial charge in [-0.2, -0.15) is 0 Å². The van der Waals surface area contributed by atoms with Crippen molar-refractivity contribution in [1.82, 2.24) is 4.98 Å². The van der Waals surface area contributed by atoms with Crippen LogP contribution in [0.15, 0.2) is 24.4 Å². The van der Waals surface area contributed by atoms with E-state index >= 15 is 0 Å². The molecule has 1 aromatic heterocycles. The zero-order chi connectivity index (χ0) is 7.68. The Morgan fingerprint density at radius 3 is 2.82 bits per heavy atom. The summed E-state index contributed by atoms with van der Waals surface area (Å²) in [5, 5.41) is 9.60. The van der Waals surface area contributed by atoms with Crippen LogP contribution in [0.3, 0.4) is 0 Å². The van der Waals surface area contributed by atoms with Crippen molar-refractivity contribution in [3.63, 3.8) is 0 Å². The molecule has 0 aromatic carbocycles. The number of pyridine rings is 1. The van der Waals surface area contributed by atoms with Crippen LogP contribution in [-0.4, -0.2) is 10.1 Å². The third-order valence-corrected chi connectivity index (χ3v) is 2.06. The molecule has 1 aliphatic rings. The first-order valence-corrected chi connectivity index (χ1v) is 3.97. The second-order valence-corrected chi connectivity index (χ2v) is 3.04. The molecule has 1 atom stereocenters. The first-order valence-electron chi connectivity index (χ1n) is 3.97. The highest BCUT2D eigenvalue weighted by molar-refractivity contribution is 5.09. The maximum absolute atomic E-state index is 9.60. The Labute approximate surface area is 65.9 Å². The number of aliphatic hydroxyl groups is 1. The van der Waals surface area contributed by atoms with Crippen LogP contribution in [-0.2, 0) is 0 Å². The van der Waals surface area contributed by atoms with Gasteiger partial charge in [-0.3, -0.25) is 4.98 Å². The van der Waals surface area contributed by atoms with E-state index in [1.54, 1.807) is 6.20 Å². The van der Waals surface area contributed by atoms with Gasteiger partial charge < -0.3 is 5.11 Å². The van der Waals surface area contributed by atoms with Crippen molar-refractivity contribution >= 4 is 0 Å². The lowest BCUT2D eigenvalue weighted by Crippen LogP contribution is -2.01. The minimum absolute atomic E-state index is 0.323. The van der Waals surface area contributed by atoms with Gasteiger partial charge in [-0.1, -0.05) is 6.07 Å². The zero-order valence-corrected chi connectivity index (χ0v) is 6.27. The van der Waals surface area contributed by atoms with Crippen molar-refractivity contribution in [2.45, 2.75) is 18.9 Å². The third-order valence-electron chi connectivity index (χ3n) is 2.06. The zero-order valence-electron chi connectivity index (χ0n) is 6.27. The number of rotatable bonds is 2. The van der Waals surface area contributed by atoms with Gasteiger partial charge >= 0.3 is 0 Å². The number of nitrogens with zero attached hydrogens (tertiary/aromatic N) is 1. The van der Waals surface area contributed by atoms with Gasteiger partial charge in [0.1, 0.15) is 0 Å². The summed E-state index contributed by atoms with van der Waals surface area (Å²) < 4.78 is 0. The van der Waals surface area contributed by atoms with Crippen LogP contribution < -0.4 is 0 Å². The Bertz CT molecular complexity index is 231. The Balaban J connectivity index is 2.15. The maximum atomic E-state index is 9.60. The summed E-state index contributed by atoms with van der Waals surface area (Å²) in [5.41, 5.74) is 0.815. The van der Waals surface area contributed by atoms with Crippen LogP contribution in [0.25, 0.3) is 0 Å². The van der Waals surface area contributed by atoms with E-state index in [1.807, 2.05) is 18.2 Å². The molecule has 58 valence electrons. The van der Waals surface area contributed by atoms with Crippen LogP contribution in [0, 0.1) is 5.92 Å². The Hall–Kier alpha value is -0.890. The minimum Gasteiger partial charge on any atom is -0.387 e. The van der Waals surface area contributed by atoms with Crippen molar-refractivity contribution in [2.24, 2.45) is 5.92 Å². The number of hydrogen-bond acceptors (Lipinski definition) is 2. The highest BCUT2D eigenvalue weighted by atomic mass is 16.3. The Kier molecular flexibility index (Phi) is 1.62. The molecule has 2 nitrogen and oxygen atoms in total. The van der Waals surface area contributed by atoms with Gasteiger partial charge in [0.2, 0.25) is 0 Å². The summed E-state index contributed by atoms with van der Waals surface area (Å²) in [5.74, 6) is 0.477. The highest BCUT2D eigenvalue weighted by Gasteiger charge is 2.31. The number of hydrogen-bond donors (Lipinski definition) is 1. The van der Waals surface area contributed by atoms with Crippen molar-refractivity contribution in [2.75, 3.05) is 0 Å². The van der Waals surface area contributed by atoms with E-state index in [9.17, 15) is 5.11 Å². The summed E-state index contributed by atoms with van der Waals surface area (Å²) in [6.45, 7) is 0. The fourth-order valence-electron chi connectivity index (χ4n) is 1.20. The fourth-order valence-corrected chi connectivity index (χ4v) is 1.20. The first kappa shape index (κ1) is 6.80. The molecule has 0 unspecified atom stereocenters. The third kappa shape index (κ3) is 1.40. The molecule has 0 aliphatic heterocycles. The largest absolute Gasteiger partial charge is 0.387 e. The van der Waals surface area contributed by atoms with Gasteiger partial charge in [-0.05, 0) is 30.9 Å². The van der Waals surface area contributed by atoms with E-state index in [4.69, 9.17) is 0 Å². The standard InChI is InChI=1S/C9H11NO/c11-9(7-4-5-7)8-3-1-2-6-10-8/h1-3,6-7,9,11H,4-5H2/t9-/m1/s1. The minimum atomic E-state index is -0.323. The predicted octanol–water partition coefficient (Wildman–Crippen LogP) is 1.52. The van der Waals surface area contributed by atoms with E-state index in [0.29, 0.717) is 5.92 Å². The molecule has 1 aromatic rings. The molecule has 1 heterocycles. The smallest absolute Gasteiger partial charge is 0.0987 e. The average molecular weight is 149 g/mol. The molecule has 0 bridgehead atoms. The van der Waals surface area contributed by atoms with Gasteiger partial charge in [0, 0.05) is 6.20 Å². The van der Waals surface area contributed by atoms with Gasteiger partial charge in [0.25, 0.3) is 0 Å². The second kappa shape index (κ2) is 2.62. The van der Waals surface area contributed by atoms with Crippen LogP contribution in [0.1, 0.15) is 24.6 Å². The van der Waals surface area contributed by atoms with Crippen LogP contribution in [0.2, 0.25) is 0 Å². The van der Waals surface area contributed by atoms with Gasteiger partial charge in [0.05, 0.1) is 11.8 Å². The molecule has 1 fully saturated rings. The molecule has 1 N–H and O–H groups in total. The molecule has 11 heavy (non-hydrogen) atoms. The first-order chi connectivity index (χ1) is 5.38. The van der Waals surface area contributed by atoms with Gasteiger partial charge in [-0.15, -0.1) is 0 Å². The molecular formula is C9H11NO. The lowest BCUT2D eigenvalue weighted by molar-refractivity contribution is 0.149. The summed E-state index contributed by atoms with van der Waals surface area (Å²) in [6, 6.07) is 5.65. The molecule has 2 rings (SSSR count). The number of aromatic nitrogens is 1. The quantitative estimate of drug-likeness (QED) is 0.691. The second-order valence-electron chi connectivity index (χ2n) is 3.04.